The van der Waals surface area contributed by atoms with Crippen molar-refractivity contribution in [2.24, 2.45) is 11.8 Å². The van der Waals surface area contributed by atoms with Gasteiger partial charge in [-0.3, -0.25) is 4.79 Å². The molecular formula is C11H19NO. The second kappa shape index (κ2) is 4.23. The minimum atomic E-state index is 0.385. The summed E-state index contributed by atoms with van der Waals surface area (Å²) in [5, 5.41) is 3.35. The maximum Gasteiger partial charge on any atom is 0.136 e. The first-order valence-electron chi connectivity index (χ1n) is 5.59. The van der Waals surface area contributed by atoms with Gasteiger partial charge in [0.15, 0.2) is 0 Å². The van der Waals surface area contributed by atoms with Gasteiger partial charge in [-0.15, -0.1) is 0 Å². The highest BCUT2D eigenvalue weighted by Gasteiger charge is 2.28. The normalized spacial score (nSPS) is 29.7. The van der Waals surface area contributed by atoms with Crippen LogP contribution in [0.25, 0.3) is 0 Å². The number of carbonyl (C=O) groups is 1. The second-order valence-corrected chi connectivity index (χ2v) is 4.49. The number of nitrogens with one attached hydrogen (secondary N) is 1. The molecule has 0 bridgehead atoms. The van der Waals surface area contributed by atoms with Gasteiger partial charge < -0.3 is 5.32 Å². The fourth-order valence-electron chi connectivity index (χ4n) is 2.11. The Bertz CT molecular complexity index is 179. The van der Waals surface area contributed by atoms with Crippen molar-refractivity contribution in [3.8, 4) is 0 Å². The van der Waals surface area contributed by atoms with E-state index >= 15 is 0 Å². The average Bonchev–Trinajstić information content (AvgIpc) is 2.87. The first kappa shape index (κ1) is 9.20. The molecule has 13 heavy (non-hydrogen) atoms. The van der Waals surface area contributed by atoms with Crippen LogP contribution in [0.15, 0.2) is 0 Å². The summed E-state index contributed by atoms with van der Waals surface area (Å²) in [6.45, 7) is 2.15. The molecule has 1 aliphatic heterocycles. The molecular weight excluding hydrogens is 162 g/mol. The van der Waals surface area contributed by atoms with E-state index in [1.165, 1.54) is 19.3 Å². The fourth-order valence-corrected chi connectivity index (χ4v) is 2.11. The molecule has 0 aromatic rings. The Labute approximate surface area is 80.1 Å². The van der Waals surface area contributed by atoms with Crippen molar-refractivity contribution in [2.75, 3.05) is 13.1 Å². The van der Waals surface area contributed by atoms with Crippen LogP contribution in [0.4, 0.5) is 0 Å². The molecule has 1 unspecified atom stereocenters. The lowest BCUT2D eigenvalue weighted by molar-refractivity contribution is -0.123. The Morgan fingerprint density at radius 2 is 2.00 bits per heavy atom. The predicted molar refractivity (Wildman–Crippen MR) is 52.6 cm³/mol. The lowest BCUT2D eigenvalue weighted by Gasteiger charge is -2.11. The number of hydrogen-bond acceptors (Lipinski definition) is 2. The molecule has 1 aliphatic carbocycles. The molecule has 0 amide bonds. The van der Waals surface area contributed by atoms with Gasteiger partial charge in [0.25, 0.3) is 0 Å². The van der Waals surface area contributed by atoms with E-state index in [0.717, 1.165) is 38.3 Å². The van der Waals surface area contributed by atoms with Crippen LogP contribution in [0.3, 0.4) is 0 Å². The maximum atomic E-state index is 11.8. The van der Waals surface area contributed by atoms with E-state index in [1.807, 2.05) is 0 Å². The van der Waals surface area contributed by atoms with E-state index in [9.17, 15) is 4.79 Å². The summed E-state index contributed by atoms with van der Waals surface area (Å²) >= 11 is 0. The van der Waals surface area contributed by atoms with Crippen molar-refractivity contribution in [3.63, 3.8) is 0 Å². The van der Waals surface area contributed by atoms with E-state index in [-0.39, 0.29) is 0 Å². The zero-order valence-electron chi connectivity index (χ0n) is 8.22. The summed E-state index contributed by atoms with van der Waals surface area (Å²) in [7, 11) is 0. The van der Waals surface area contributed by atoms with E-state index in [2.05, 4.69) is 5.32 Å². The van der Waals surface area contributed by atoms with Crippen LogP contribution in [0.1, 0.15) is 38.5 Å². The Balaban J connectivity index is 1.78. The molecule has 2 heteroatoms. The molecule has 2 fully saturated rings. The molecule has 1 heterocycles. The van der Waals surface area contributed by atoms with Crippen molar-refractivity contribution < 1.29 is 4.79 Å². The molecule has 0 aromatic carbocycles. The van der Waals surface area contributed by atoms with E-state index in [0.29, 0.717) is 11.7 Å². The van der Waals surface area contributed by atoms with Gasteiger partial charge in [-0.05, 0) is 51.1 Å². The Kier molecular flexibility index (Phi) is 2.99. The number of hydrogen-bond donors (Lipinski definition) is 1. The summed E-state index contributed by atoms with van der Waals surface area (Å²) < 4.78 is 0. The molecule has 74 valence electrons. The van der Waals surface area contributed by atoms with Crippen LogP contribution in [-0.2, 0) is 4.79 Å². The van der Waals surface area contributed by atoms with Gasteiger partial charge in [0.1, 0.15) is 5.78 Å². The van der Waals surface area contributed by atoms with Gasteiger partial charge >= 0.3 is 0 Å². The molecule has 2 rings (SSSR count). The highest BCUT2D eigenvalue weighted by atomic mass is 16.1. The van der Waals surface area contributed by atoms with Crippen molar-refractivity contribution in [1.29, 1.82) is 0 Å². The van der Waals surface area contributed by atoms with E-state index in [4.69, 9.17) is 0 Å². The highest BCUT2D eigenvalue weighted by molar-refractivity contribution is 5.81. The highest BCUT2D eigenvalue weighted by Crippen LogP contribution is 2.34. The molecule has 1 saturated carbocycles. The van der Waals surface area contributed by atoms with Crippen molar-refractivity contribution in [1.82, 2.24) is 5.32 Å². The molecule has 2 aliphatic rings. The fraction of sp³-hybridized carbons (Fsp3) is 0.909. The van der Waals surface area contributed by atoms with Crippen LogP contribution in [0.5, 0.6) is 0 Å². The van der Waals surface area contributed by atoms with E-state index < -0.39 is 0 Å². The number of carbonyl (C=O) groups excluding carboxylic acids is 1. The van der Waals surface area contributed by atoms with Gasteiger partial charge in [0, 0.05) is 12.3 Å². The summed E-state index contributed by atoms with van der Waals surface area (Å²) in [4.78, 5) is 11.8. The zero-order valence-corrected chi connectivity index (χ0v) is 8.22. The number of ketones is 1. The van der Waals surface area contributed by atoms with Gasteiger partial charge in [-0.25, -0.2) is 0 Å². The smallest absolute Gasteiger partial charge is 0.136 e. The maximum absolute atomic E-state index is 11.8. The minimum Gasteiger partial charge on any atom is -0.317 e. The first-order valence-corrected chi connectivity index (χ1v) is 5.59. The SMILES string of the molecule is O=C(CC1CC1)C1CCCNCC1. The average molecular weight is 181 g/mol. The molecule has 0 spiro atoms. The predicted octanol–water partition coefficient (Wildman–Crippen LogP) is 1.75. The van der Waals surface area contributed by atoms with Crippen molar-refractivity contribution in [3.05, 3.63) is 0 Å². The lowest BCUT2D eigenvalue weighted by atomic mass is 9.93. The quantitative estimate of drug-likeness (QED) is 0.718. The summed E-state index contributed by atoms with van der Waals surface area (Å²) in [5.41, 5.74) is 0. The lowest BCUT2D eigenvalue weighted by Crippen LogP contribution is -2.18. The number of Topliss-reactive ketones (excluding diaryl/α,β-unsaturated/α-hetero) is 1. The van der Waals surface area contributed by atoms with Gasteiger partial charge in [0.05, 0.1) is 0 Å². The monoisotopic (exact) mass is 181 g/mol. The molecule has 1 atom stereocenters. The van der Waals surface area contributed by atoms with Gasteiger partial charge in [-0.2, -0.15) is 0 Å². The van der Waals surface area contributed by atoms with Gasteiger partial charge in [0.2, 0.25) is 0 Å². The second-order valence-electron chi connectivity index (χ2n) is 4.49. The molecule has 1 saturated heterocycles. The van der Waals surface area contributed by atoms with Gasteiger partial charge in [-0.1, -0.05) is 0 Å². The van der Waals surface area contributed by atoms with Crippen LogP contribution < -0.4 is 5.32 Å². The van der Waals surface area contributed by atoms with E-state index in [1.54, 1.807) is 0 Å². The zero-order chi connectivity index (χ0) is 9.10. The summed E-state index contributed by atoms with van der Waals surface area (Å²) in [5.74, 6) is 1.70. The van der Waals surface area contributed by atoms with Crippen LogP contribution in [-0.4, -0.2) is 18.9 Å². The number of rotatable bonds is 3. The Hall–Kier alpha value is -0.370. The van der Waals surface area contributed by atoms with Crippen molar-refractivity contribution >= 4 is 5.78 Å². The van der Waals surface area contributed by atoms with Crippen molar-refractivity contribution in [2.45, 2.75) is 38.5 Å². The molecule has 0 radical (unpaired) electrons. The van der Waals surface area contributed by atoms with Crippen LogP contribution in [0, 0.1) is 11.8 Å². The third-order valence-electron chi connectivity index (χ3n) is 3.22. The standard InChI is InChI=1S/C11H19NO/c13-11(8-9-3-4-9)10-2-1-6-12-7-5-10/h9-10,12H,1-8H2. The summed E-state index contributed by atoms with van der Waals surface area (Å²) in [6.07, 6.45) is 6.86. The first-order chi connectivity index (χ1) is 6.36. The Morgan fingerprint density at radius 3 is 2.77 bits per heavy atom. The Morgan fingerprint density at radius 1 is 1.15 bits per heavy atom. The topological polar surface area (TPSA) is 29.1 Å². The molecule has 2 nitrogen and oxygen atoms in total. The third-order valence-corrected chi connectivity index (χ3v) is 3.22. The summed E-state index contributed by atoms with van der Waals surface area (Å²) in [6, 6.07) is 0. The van der Waals surface area contributed by atoms with Crippen LogP contribution >= 0.6 is 0 Å². The van der Waals surface area contributed by atoms with Crippen LogP contribution in [0.2, 0.25) is 0 Å². The molecule has 1 N–H and O–H groups in total. The minimum absolute atomic E-state index is 0.385. The third kappa shape index (κ3) is 2.80. The largest absolute Gasteiger partial charge is 0.317 e. The molecule has 0 aromatic heterocycles.